The van der Waals surface area contributed by atoms with E-state index in [-0.39, 0.29) is 5.54 Å². The molecule has 3 heteroatoms. The average Bonchev–Trinajstić information content (AvgIpc) is 2.49. The predicted molar refractivity (Wildman–Crippen MR) is 64.2 cm³/mol. The van der Waals surface area contributed by atoms with Crippen LogP contribution in [-0.2, 0) is 0 Å². The van der Waals surface area contributed by atoms with E-state index in [9.17, 15) is 0 Å². The first kappa shape index (κ1) is 10.0. The van der Waals surface area contributed by atoms with Crippen molar-refractivity contribution in [3.05, 3.63) is 23.9 Å². The summed E-state index contributed by atoms with van der Waals surface area (Å²) < 4.78 is 0. The van der Waals surface area contributed by atoms with Crippen LogP contribution < -0.4 is 5.32 Å². The topological polar surface area (TPSA) is 40.7 Å². The van der Waals surface area contributed by atoms with Gasteiger partial charge in [-0.05, 0) is 45.4 Å². The second kappa shape index (κ2) is 3.26. The number of fused-ring (bicyclic) bond motifs is 1. The van der Waals surface area contributed by atoms with Gasteiger partial charge in [0.1, 0.15) is 0 Å². The van der Waals surface area contributed by atoms with E-state index in [0.717, 1.165) is 10.9 Å². The third kappa shape index (κ3) is 2.12. The number of benzene rings is 1. The van der Waals surface area contributed by atoms with Gasteiger partial charge in [-0.2, -0.15) is 5.10 Å². The highest BCUT2D eigenvalue weighted by Gasteiger charge is 2.11. The maximum absolute atomic E-state index is 4.03. The van der Waals surface area contributed by atoms with Gasteiger partial charge in [-0.1, -0.05) is 0 Å². The van der Waals surface area contributed by atoms with Crippen molar-refractivity contribution < 1.29 is 0 Å². The molecule has 0 bridgehead atoms. The van der Waals surface area contributed by atoms with Crippen molar-refractivity contribution in [2.45, 2.75) is 33.2 Å². The summed E-state index contributed by atoms with van der Waals surface area (Å²) in [6.07, 6.45) is 1.85. The number of anilines is 1. The average molecular weight is 203 g/mol. The molecule has 0 radical (unpaired) electrons. The molecule has 80 valence electrons. The van der Waals surface area contributed by atoms with Crippen LogP contribution in [0.25, 0.3) is 10.9 Å². The first-order valence-electron chi connectivity index (χ1n) is 5.18. The number of hydrogen-bond acceptors (Lipinski definition) is 2. The molecule has 1 aromatic heterocycles. The maximum Gasteiger partial charge on any atom is 0.0654 e. The highest BCUT2D eigenvalue weighted by molar-refractivity contribution is 5.83. The minimum atomic E-state index is 0.0855. The zero-order valence-corrected chi connectivity index (χ0v) is 9.68. The van der Waals surface area contributed by atoms with Crippen LogP contribution >= 0.6 is 0 Å². The molecule has 0 atom stereocenters. The van der Waals surface area contributed by atoms with Crippen molar-refractivity contribution in [3.63, 3.8) is 0 Å². The number of nitrogens with one attached hydrogen (secondary N) is 2. The molecular weight excluding hydrogens is 186 g/mol. The lowest BCUT2D eigenvalue weighted by molar-refractivity contribution is 0.633. The zero-order chi connectivity index (χ0) is 11.1. The van der Waals surface area contributed by atoms with E-state index in [1.54, 1.807) is 0 Å². The summed E-state index contributed by atoms with van der Waals surface area (Å²) in [7, 11) is 0. The van der Waals surface area contributed by atoms with E-state index < -0.39 is 0 Å². The van der Waals surface area contributed by atoms with Gasteiger partial charge in [0.15, 0.2) is 0 Å². The first-order valence-corrected chi connectivity index (χ1v) is 5.18. The van der Waals surface area contributed by atoms with E-state index in [2.05, 4.69) is 55.3 Å². The van der Waals surface area contributed by atoms with Crippen molar-refractivity contribution in [2.75, 3.05) is 5.32 Å². The molecule has 2 N–H and O–H groups in total. The zero-order valence-electron chi connectivity index (χ0n) is 9.68. The fourth-order valence-electron chi connectivity index (χ4n) is 1.64. The summed E-state index contributed by atoms with van der Waals surface area (Å²) in [5.74, 6) is 0. The molecule has 0 spiro atoms. The molecule has 1 aromatic carbocycles. The normalized spacial score (nSPS) is 12.0. The number of aromatic amines is 1. The molecule has 2 rings (SSSR count). The van der Waals surface area contributed by atoms with Crippen LogP contribution in [0.5, 0.6) is 0 Å². The largest absolute Gasteiger partial charge is 0.380 e. The van der Waals surface area contributed by atoms with Crippen LogP contribution in [0.1, 0.15) is 26.3 Å². The fourth-order valence-corrected chi connectivity index (χ4v) is 1.64. The minimum Gasteiger partial charge on any atom is -0.380 e. The SMILES string of the molecule is Cc1cc2[nH]ncc2cc1NC(C)(C)C. The number of hydrogen-bond donors (Lipinski definition) is 2. The Labute approximate surface area is 89.9 Å². The molecule has 0 saturated carbocycles. The van der Waals surface area contributed by atoms with Crippen LogP contribution in [0.3, 0.4) is 0 Å². The molecule has 0 aliphatic carbocycles. The number of aryl methyl sites for hydroxylation is 1. The lowest BCUT2D eigenvalue weighted by atomic mass is 10.1. The Hall–Kier alpha value is -1.51. The van der Waals surface area contributed by atoms with Crippen LogP contribution in [0.2, 0.25) is 0 Å². The van der Waals surface area contributed by atoms with Crippen molar-refractivity contribution >= 4 is 16.6 Å². The maximum atomic E-state index is 4.03. The molecule has 15 heavy (non-hydrogen) atoms. The van der Waals surface area contributed by atoms with E-state index in [4.69, 9.17) is 0 Å². The van der Waals surface area contributed by atoms with Gasteiger partial charge in [-0.15, -0.1) is 0 Å². The molecule has 0 saturated heterocycles. The molecule has 0 aliphatic rings. The Morgan fingerprint density at radius 1 is 1.27 bits per heavy atom. The van der Waals surface area contributed by atoms with E-state index in [1.165, 1.54) is 11.3 Å². The first-order chi connectivity index (χ1) is 6.96. The van der Waals surface area contributed by atoms with E-state index >= 15 is 0 Å². The second-order valence-corrected chi connectivity index (χ2v) is 5.00. The van der Waals surface area contributed by atoms with E-state index in [0.29, 0.717) is 0 Å². The monoisotopic (exact) mass is 203 g/mol. The lowest BCUT2D eigenvalue weighted by Crippen LogP contribution is -2.26. The summed E-state index contributed by atoms with van der Waals surface area (Å²) >= 11 is 0. The van der Waals surface area contributed by atoms with Gasteiger partial charge in [0.25, 0.3) is 0 Å². The highest BCUT2D eigenvalue weighted by atomic mass is 15.1. The van der Waals surface area contributed by atoms with Gasteiger partial charge in [-0.25, -0.2) is 0 Å². The van der Waals surface area contributed by atoms with Crippen molar-refractivity contribution in [2.24, 2.45) is 0 Å². The van der Waals surface area contributed by atoms with Gasteiger partial charge in [0.05, 0.1) is 11.7 Å². The Morgan fingerprint density at radius 2 is 2.00 bits per heavy atom. The lowest BCUT2D eigenvalue weighted by Gasteiger charge is -2.23. The Balaban J connectivity index is 2.46. The Morgan fingerprint density at radius 3 is 2.67 bits per heavy atom. The third-order valence-electron chi connectivity index (χ3n) is 2.29. The van der Waals surface area contributed by atoms with Crippen molar-refractivity contribution in [3.8, 4) is 0 Å². The third-order valence-corrected chi connectivity index (χ3v) is 2.29. The van der Waals surface area contributed by atoms with Crippen molar-refractivity contribution in [1.29, 1.82) is 0 Å². The van der Waals surface area contributed by atoms with Crippen molar-refractivity contribution in [1.82, 2.24) is 10.2 Å². The van der Waals surface area contributed by atoms with Crippen LogP contribution in [0, 0.1) is 6.92 Å². The fraction of sp³-hybridized carbons (Fsp3) is 0.417. The standard InChI is InChI=1S/C12H17N3/c1-8-5-11-9(7-13-15-11)6-10(8)14-12(2,3)4/h5-7,14H,1-4H3,(H,13,15). The second-order valence-electron chi connectivity index (χ2n) is 5.00. The van der Waals surface area contributed by atoms with E-state index in [1.807, 2.05) is 6.20 Å². The quantitative estimate of drug-likeness (QED) is 0.747. The van der Waals surface area contributed by atoms with Gasteiger partial charge in [0.2, 0.25) is 0 Å². The molecule has 0 amide bonds. The Bertz CT molecular complexity index is 477. The molecule has 3 nitrogen and oxygen atoms in total. The minimum absolute atomic E-state index is 0.0855. The predicted octanol–water partition coefficient (Wildman–Crippen LogP) is 3.08. The van der Waals surface area contributed by atoms with Crippen LogP contribution in [0.4, 0.5) is 5.69 Å². The molecule has 1 heterocycles. The van der Waals surface area contributed by atoms with Crippen LogP contribution in [-0.4, -0.2) is 15.7 Å². The molecule has 2 aromatic rings. The van der Waals surface area contributed by atoms with Gasteiger partial charge in [0, 0.05) is 16.6 Å². The van der Waals surface area contributed by atoms with Gasteiger partial charge >= 0.3 is 0 Å². The molecule has 0 unspecified atom stereocenters. The number of aromatic nitrogens is 2. The van der Waals surface area contributed by atoms with Gasteiger partial charge in [-0.3, -0.25) is 5.10 Å². The smallest absolute Gasteiger partial charge is 0.0654 e. The molecular formula is C12H17N3. The number of nitrogens with zero attached hydrogens (tertiary/aromatic N) is 1. The summed E-state index contributed by atoms with van der Waals surface area (Å²) in [5.41, 5.74) is 3.59. The summed E-state index contributed by atoms with van der Waals surface area (Å²) in [4.78, 5) is 0. The molecule has 0 aliphatic heterocycles. The Kier molecular flexibility index (Phi) is 2.18. The molecule has 0 fully saturated rings. The van der Waals surface area contributed by atoms with Crippen LogP contribution in [0.15, 0.2) is 18.3 Å². The van der Waals surface area contributed by atoms with Gasteiger partial charge < -0.3 is 5.32 Å². The summed E-state index contributed by atoms with van der Waals surface area (Å²) in [6, 6.07) is 4.26. The number of rotatable bonds is 1. The summed E-state index contributed by atoms with van der Waals surface area (Å²) in [6.45, 7) is 8.58. The summed E-state index contributed by atoms with van der Waals surface area (Å²) in [5, 5.41) is 11.6. The number of H-pyrrole nitrogens is 1. The highest BCUT2D eigenvalue weighted by Crippen LogP contribution is 2.24.